The van der Waals surface area contributed by atoms with E-state index in [0.717, 1.165) is 17.5 Å². The minimum Gasteiger partial charge on any atom is -0.396 e. The molecule has 2 aromatic rings. The molecular formula is C16H14F2O. The van der Waals surface area contributed by atoms with E-state index in [2.05, 4.69) is 0 Å². The van der Waals surface area contributed by atoms with E-state index in [1.807, 2.05) is 0 Å². The highest BCUT2D eigenvalue weighted by Gasteiger charge is 2.55. The maximum atomic E-state index is 13.0. The predicted molar refractivity (Wildman–Crippen MR) is 68.8 cm³/mol. The molecule has 2 aromatic carbocycles. The Bertz CT molecular complexity index is 529. The molecule has 1 saturated carbocycles. The average Bonchev–Trinajstić information content (AvgIpc) is 3.16. The lowest BCUT2D eigenvalue weighted by Crippen LogP contribution is -2.14. The van der Waals surface area contributed by atoms with Crippen LogP contribution in [0.15, 0.2) is 48.5 Å². The second-order valence-corrected chi connectivity index (χ2v) is 5.07. The van der Waals surface area contributed by atoms with Gasteiger partial charge in [-0.15, -0.1) is 0 Å². The summed E-state index contributed by atoms with van der Waals surface area (Å²) in [6.45, 7) is 0.0781. The fraction of sp³-hybridized carbons (Fsp3) is 0.250. The first kappa shape index (κ1) is 12.3. The van der Waals surface area contributed by atoms with E-state index in [1.54, 1.807) is 24.3 Å². The molecule has 98 valence electrons. The maximum absolute atomic E-state index is 13.0. The van der Waals surface area contributed by atoms with Crippen LogP contribution in [0.4, 0.5) is 8.78 Å². The first-order chi connectivity index (χ1) is 9.16. The van der Waals surface area contributed by atoms with E-state index < -0.39 is 0 Å². The van der Waals surface area contributed by atoms with Crippen molar-refractivity contribution < 1.29 is 13.9 Å². The monoisotopic (exact) mass is 260 g/mol. The molecule has 0 aromatic heterocycles. The van der Waals surface area contributed by atoms with Crippen molar-refractivity contribution in [3.05, 3.63) is 71.3 Å². The molecule has 1 nitrogen and oxygen atoms in total. The molecule has 1 atom stereocenters. The largest absolute Gasteiger partial charge is 0.396 e. The van der Waals surface area contributed by atoms with Gasteiger partial charge in [-0.2, -0.15) is 0 Å². The molecule has 0 amide bonds. The zero-order chi connectivity index (χ0) is 13.5. The molecule has 0 bridgehead atoms. The van der Waals surface area contributed by atoms with Crippen LogP contribution in [-0.2, 0) is 5.41 Å². The van der Waals surface area contributed by atoms with Crippen LogP contribution >= 0.6 is 0 Å². The van der Waals surface area contributed by atoms with Gasteiger partial charge in [0.2, 0.25) is 0 Å². The molecule has 1 aliphatic rings. The normalized spacial score (nSPS) is 20.3. The van der Waals surface area contributed by atoms with Crippen LogP contribution in [-0.4, -0.2) is 11.7 Å². The van der Waals surface area contributed by atoms with Gasteiger partial charge in [0.15, 0.2) is 0 Å². The number of rotatable bonds is 3. The molecule has 0 aliphatic heterocycles. The molecule has 1 fully saturated rings. The number of halogens is 2. The Morgan fingerprint density at radius 1 is 0.895 bits per heavy atom. The van der Waals surface area contributed by atoms with E-state index in [-0.39, 0.29) is 29.6 Å². The van der Waals surface area contributed by atoms with Gasteiger partial charge in [0.05, 0.1) is 0 Å². The fourth-order valence-electron chi connectivity index (χ4n) is 2.92. The maximum Gasteiger partial charge on any atom is 0.123 e. The van der Waals surface area contributed by atoms with Gasteiger partial charge >= 0.3 is 0 Å². The van der Waals surface area contributed by atoms with Crippen molar-refractivity contribution in [3.8, 4) is 0 Å². The number of benzene rings is 2. The SMILES string of the molecule is OCC1CC1(c1ccc(F)cc1)c1ccc(F)cc1. The average molecular weight is 260 g/mol. The highest BCUT2D eigenvalue weighted by Crippen LogP contribution is 2.58. The fourth-order valence-corrected chi connectivity index (χ4v) is 2.92. The lowest BCUT2D eigenvalue weighted by molar-refractivity contribution is 0.268. The number of hydrogen-bond acceptors (Lipinski definition) is 1. The summed E-state index contributed by atoms with van der Waals surface area (Å²) in [5, 5.41) is 9.43. The van der Waals surface area contributed by atoms with Gasteiger partial charge in [0.25, 0.3) is 0 Å². The van der Waals surface area contributed by atoms with Crippen LogP contribution in [0, 0.1) is 17.6 Å². The van der Waals surface area contributed by atoms with Crippen LogP contribution in [0.2, 0.25) is 0 Å². The molecule has 1 unspecified atom stereocenters. The van der Waals surface area contributed by atoms with Crippen LogP contribution < -0.4 is 0 Å². The smallest absolute Gasteiger partial charge is 0.123 e. The van der Waals surface area contributed by atoms with E-state index in [4.69, 9.17) is 0 Å². The van der Waals surface area contributed by atoms with Crippen LogP contribution in [0.5, 0.6) is 0 Å². The first-order valence-electron chi connectivity index (χ1n) is 6.30. The quantitative estimate of drug-likeness (QED) is 0.898. The van der Waals surface area contributed by atoms with Crippen LogP contribution in [0.1, 0.15) is 17.5 Å². The second-order valence-electron chi connectivity index (χ2n) is 5.07. The Kier molecular flexibility index (Phi) is 2.86. The molecule has 3 rings (SSSR count). The summed E-state index contributed by atoms with van der Waals surface area (Å²) in [6.07, 6.45) is 0.806. The zero-order valence-corrected chi connectivity index (χ0v) is 10.3. The number of hydrogen-bond donors (Lipinski definition) is 1. The Labute approximate surface area is 110 Å². The minimum absolute atomic E-state index is 0.0781. The summed E-state index contributed by atoms with van der Waals surface area (Å²) in [7, 11) is 0. The predicted octanol–water partition coefficient (Wildman–Crippen LogP) is 3.26. The van der Waals surface area contributed by atoms with Crippen molar-refractivity contribution in [2.45, 2.75) is 11.8 Å². The van der Waals surface area contributed by atoms with Gasteiger partial charge in [-0.25, -0.2) is 8.78 Å². The molecular weight excluding hydrogens is 246 g/mol. The molecule has 19 heavy (non-hydrogen) atoms. The lowest BCUT2D eigenvalue weighted by Gasteiger charge is -2.18. The highest BCUT2D eigenvalue weighted by atomic mass is 19.1. The van der Waals surface area contributed by atoms with Gasteiger partial charge in [-0.1, -0.05) is 24.3 Å². The molecule has 1 aliphatic carbocycles. The summed E-state index contributed by atoms with van der Waals surface area (Å²) < 4.78 is 26.1. The minimum atomic E-state index is -0.295. The molecule has 3 heteroatoms. The van der Waals surface area contributed by atoms with Gasteiger partial charge in [0.1, 0.15) is 11.6 Å². The Balaban J connectivity index is 2.05. The van der Waals surface area contributed by atoms with Crippen molar-refractivity contribution in [1.82, 2.24) is 0 Å². The van der Waals surface area contributed by atoms with E-state index in [0.29, 0.717) is 0 Å². The topological polar surface area (TPSA) is 20.2 Å². The van der Waals surface area contributed by atoms with Crippen molar-refractivity contribution in [2.24, 2.45) is 5.92 Å². The van der Waals surface area contributed by atoms with E-state index >= 15 is 0 Å². The summed E-state index contributed by atoms with van der Waals surface area (Å²) in [4.78, 5) is 0. The first-order valence-corrected chi connectivity index (χ1v) is 6.30. The summed E-state index contributed by atoms with van der Waals surface area (Å²) >= 11 is 0. The molecule has 0 radical (unpaired) electrons. The molecule has 0 heterocycles. The summed E-state index contributed by atoms with van der Waals surface area (Å²) in [5.41, 5.74) is 1.65. The molecule has 0 spiro atoms. The van der Waals surface area contributed by atoms with Gasteiger partial charge in [-0.05, 0) is 47.7 Å². The van der Waals surface area contributed by atoms with Gasteiger partial charge in [-0.3, -0.25) is 0 Å². The third-order valence-electron chi connectivity index (χ3n) is 4.04. The Hall–Kier alpha value is -1.74. The van der Waals surface area contributed by atoms with Crippen molar-refractivity contribution >= 4 is 0 Å². The van der Waals surface area contributed by atoms with E-state index in [9.17, 15) is 13.9 Å². The molecule has 1 N–H and O–H groups in total. The van der Waals surface area contributed by atoms with Crippen molar-refractivity contribution in [3.63, 3.8) is 0 Å². The van der Waals surface area contributed by atoms with Crippen molar-refractivity contribution in [1.29, 1.82) is 0 Å². The third kappa shape index (κ3) is 1.94. The van der Waals surface area contributed by atoms with E-state index in [1.165, 1.54) is 24.3 Å². The standard InChI is InChI=1S/C16H14F2O/c17-14-5-1-11(2-6-14)16(9-13(16)10-19)12-3-7-15(18)8-4-12/h1-8,13,19H,9-10H2. The van der Waals surface area contributed by atoms with Crippen molar-refractivity contribution in [2.75, 3.05) is 6.61 Å². The van der Waals surface area contributed by atoms with Gasteiger partial charge in [0, 0.05) is 12.0 Å². The Morgan fingerprint density at radius 3 is 1.63 bits per heavy atom. The molecule has 0 saturated heterocycles. The zero-order valence-electron chi connectivity index (χ0n) is 10.3. The Morgan fingerprint density at radius 2 is 1.32 bits per heavy atom. The van der Waals surface area contributed by atoms with Crippen LogP contribution in [0.25, 0.3) is 0 Å². The van der Waals surface area contributed by atoms with Gasteiger partial charge < -0.3 is 5.11 Å². The number of aliphatic hydroxyl groups excluding tert-OH is 1. The summed E-state index contributed by atoms with van der Waals surface area (Å²) in [6, 6.07) is 12.7. The lowest BCUT2D eigenvalue weighted by atomic mass is 9.86. The second kappa shape index (κ2) is 4.42. The summed E-state index contributed by atoms with van der Waals surface area (Å²) in [5.74, 6) is -0.443. The third-order valence-corrected chi connectivity index (χ3v) is 4.04. The highest BCUT2D eigenvalue weighted by molar-refractivity contribution is 5.47. The van der Waals surface area contributed by atoms with Crippen LogP contribution in [0.3, 0.4) is 0 Å². The number of aliphatic hydroxyl groups is 1.